The number of alkyl halides is 3. The van der Waals surface area contributed by atoms with Crippen molar-refractivity contribution in [2.75, 3.05) is 19.6 Å². The summed E-state index contributed by atoms with van der Waals surface area (Å²) in [4.78, 5) is 41.1. The molecule has 0 aromatic heterocycles. The molecule has 10 heteroatoms. The van der Waals surface area contributed by atoms with Gasteiger partial charge in [-0.3, -0.25) is 14.4 Å². The molecule has 0 bridgehead atoms. The van der Waals surface area contributed by atoms with Gasteiger partial charge in [0.25, 0.3) is 5.91 Å². The molecule has 0 saturated carbocycles. The highest BCUT2D eigenvalue weighted by atomic mass is 19.4. The van der Waals surface area contributed by atoms with Gasteiger partial charge < -0.3 is 20.2 Å². The fourth-order valence-corrected chi connectivity index (χ4v) is 3.98. The van der Waals surface area contributed by atoms with E-state index < -0.39 is 35.6 Å². The summed E-state index contributed by atoms with van der Waals surface area (Å²) in [6.45, 7) is 0.278. The molecule has 0 spiro atoms. The standard InChI is InChI=1S/C22H20F3N3O4/c23-22(24,25)15-5-3-14(4-6-15)20(31)27-9-10-28-18(12-27)19(30)26-17(21(28)32)11-13-1-7-16(29)8-2-13/h1-8,17-18,29H,9-12H2,(H,26,30)/t17-,18-/m1/s1. The second kappa shape index (κ2) is 8.18. The Morgan fingerprint density at radius 3 is 2.31 bits per heavy atom. The first-order chi connectivity index (χ1) is 15.1. The minimum atomic E-state index is -4.50. The van der Waals surface area contributed by atoms with E-state index in [9.17, 15) is 32.7 Å². The molecule has 4 rings (SSSR count). The minimum Gasteiger partial charge on any atom is -0.508 e. The van der Waals surface area contributed by atoms with Crippen molar-refractivity contribution < 1.29 is 32.7 Å². The highest BCUT2D eigenvalue weighted by Gasteiger charge is 2.44. The molecule has 7 nitrogen and oxygen atoms in total. The van der Waals surface area contributed by atoms with E-state index >= 15 is 0 Å². The molecule has 32 heavy (non-hydrogen) atoms. The summed E-state index contributed by atoms with van der Waals surface area (Å²) in [5, 5.41) is 12.1. The average molecular weight is 447 g/mol. The Kier molecular flexibility index (Phi) is 5.53. The van der Waals surface area contributed by atoms with Crippen molar-refractivity contribution in [2.24, 2.45) is 0 Å². The lowest BCUT2D eigenvalue weighted by Crippen LogP contribution is -2.70. The lowest BCUT2D eigenvalue weighted by atomic mass is 9.98. The van der Waals surface area contributed by atoms with Gasteiger partial charge in [0.1, 0.15) is 17.8 Å². The fourth-order valence-electron chi connectivity index (χ4n) is 3.98. The van der Waals surface area contributed by atoms with Crippen LogP contribution in [-0.4, -0.2) is 64.3 Å². The second-order valence-corrected chi connectivity index (χ2v) is 7.81. The normalized spacial score (nSPS) is 21.2. The zero-order chi connectivity index (χ0) is 23.0. The summed E-state index contributed by atoms with van der Waals surface area (Å²) >= 11 is 0. The number of carbonyl (C=O) groups is 3. The molecule has 2 atom stereocenters. The van der Waals surface area contributed by atoms with Gasteiger partial charge in [0.15, 0.2) is 0 Å². The molecule has 2 aliphatic rings. The summed E-state index contributed by atoms with van der Waals surface area (Å²) in [7, 11) is 0. The molecular formula is C22H20F3N3O4. The van der Waals surface area contributed by atoms with Crippen molar-refractivity contribution in [2.45, 2.75) is 24.7 Å². The first-order valence-electron chi connectivity index (χ1n) is 9.99. The molecule has 2 aromatic carbocycles. The Morgan fingerprint density at radius 1 is 1.03 bits per heavy atom. The minimum absolute atomic E-state index is 0.0383. The van der Waals surface area contributed by atoms with Crippen LogP contribution in [0, 0.1) is 0 Å². The van der Waals surface area contributed by atoms with Gasteiger partial charge in [0.05, 0.1) is 12.1 Å². The van der Waals surface area contributed by atoms with E-state index in [4.69, 9.17) is 0 Å². The van der Waals surface area contributed by atoms with E-state index in [0.717, 1.165) is 29.8 Å². The number of hydrogen-bond acceptors (Lipinski definition) is 4. The molecule has 0 radical (unpaired) electrons. The number of phenols is 1. The van der Waals surface area contributed by atoms with Gasteiger partial charge >= 0.3 is 6.18 Å². The first kappa shape index (κ1) is 21.7. The van der Waals surface area contributed by atoms with Gasteiger partial charge in [-0.25, -0.2) is 0 Å². The third kappa shape index (κ3) is 4.25. The number of fused-ring (bicyclic) bond motifs is 1. The van der Waals surface area contributed by atoms with Crippen molar-refractivity contribution in [3.05, 3.63) is 65.2 Å². The molecule has 168 valence electrons. The summed E-state index contributed by atoms with van der Waals surface area (Å²) in [5.41, 5.74) is 0.00557. The SMILES string of the molecule is O=C1N[C@H](Cc2ccc(O)cc2)C(=O)N2CCN(C(=O)c3ccc(C(F)(F)F)cc3)C[C@H]12. The van der Waals surface area contributed by atoms with Crippen LogP contribution in [0.5, 0.6) is 5.75 Å². The molecule has 2 fully saturated rings. The topological polar surface area (TPSA) is 89.9 Å². The van der Waals surface area contributed by atoms with E-state index in [1.54, 1.807) is 12.1 Å². The van der Waals surface area contributed by atoms with Gasteiger partial charge in [-0.2, -0.15) is 13.2 Å². The van der Waals surface area contributed by atoms with Crippen molar-refractivity contribution >= 4 is 17.7 Å². The van der Waals surface area contributed by atoms with Gasteiger partial charge in [0, 0.05) is 25.1 Å². The van der Waals surface area contributed by atoms with Crippen LogP contribution >= 0.6 is 0 Å². The average Bonchev–Trinajstić information content (AvgIpc) is 2.77. The molecule has 2 N–H and O–H groups in total. The largest absolute Gasteiger partial charge is 0.508 e. The zero-order valence-corrected chi connectivity index (χ0v) is 16.8. The van der Waals surface area contributed by atoms with E-state index in [1.165, 1.54) is 21.9 Å². The number of amides is 3. The quantitative estimate of drug-likeness (QED) is 0.751. The monoisotopic (exact) mass is 447 g/mol. The molecule has 2 aliphatic heterocycles. The van der Waals surface area contributed by atoms with E-state index in [2.05, 4.69) is 5.32 Å². The maximum Gasteiger partial charge on any atom is 0.416 e. The lowest BCUT2D eigenvalue weighted by Gasteiger charge is -2.45. The Labute approximate surface area is 181 Å². The lowest BCUT2D eigenvalue weighted by molar-refractivity contribution is -0.152. The summed E-state index contributed by atoms with van der Waals surface area (Å²) in [5.74, 6) is -1.05. The number of hydrogen-bond donors (Lipinski definition) is 2. The van der Waals surface area contributed by atoms with Crippen molar-refractivity contribution in [3.8, 4) is 5.75 Å². The Hall–Kier alpha value is -3.56. The number of benzene rings is 2. The molecule has 2 aromatic rings. The molecule has 0 unspecified atom stereocenters. The zero-order valence-electron chi connectivity index (χ0n) is 16.8. The van der Waals surface area contributed by atoms with E-state index in [1.807, 2.05) is 0 Å². The Morgan fingerprint density at radius 2 is 1.69 bits per heavy atom. The fraction of sp³-hybridized carbons (Fsp3) is 0.318. The maximum atomic E-state index is 12.9. The van der Waals surface area contributed by atoms with Crippen LogP contribution in [0.2, 0.25) is 0 Å². The summed E-state index contributed by atoms with van der Waals surface area (Å²) in [6, 6.07) is 8.63. The third-order valence-electron chi connectivity index (χ3n) is 5.70. The number of halogens is 3. The number of phenolic OH excluding ortho intramolecular Hbond substituents is 1. The second-order valence-electron chi connectivity index (χ2n) is 7.81. The van der Waals surface area contributed by atoms with Crippen LogP contribution in [0.1, 0.15) is 21.5 Å². The van der Waals surface area contributed by atoms with Crippen molar-refractivity contribution in [3.63, 3.8) is 0 Å². The Bertz CT molecular complexity index is 1040. The van der Waals surface area contributed by atoms with Crippen molar-refractivity contribution in [1.82, 2.24) is 15.1 Å². The number of nitrogens with zero attached hydrogens (tertiary/aromatic N) is 2. The number of aromatic hydroxyl groups is 1. The molecule has 0 aliphatic carbocycles. The highest BCUT2D eigenvalue weighted by molar-refractivity contribution is 5.99. The predicted octanol–water partition coefficient (Wildman–Crippen LogP) is 1.81. The number of piperazine rings is 2. The van der Waals surface area contributed by atoms with Gasteiger partial charge in [-0.05, 0) is 42.0 Å². The maximum absolute atomic E-state index is 12.9. The smallest absolute Gasteiger partial charge is 0.416 e. The van der Waals surface area contributed by atoms with E-state index in [-0.39, 0.29) is 43.3 Å². The summed E-state index contributed by atoms with van der Waals surface area (Å²) < 4.78 is 38.2. The number of carbonyl (C=O) groups excluding carboxylic acids is 3. The van der Waals surface area contributed by atoms with Crippen LogP contribution in [-0.2, 0) is 22.2 Å². The van der Waals surface area contributed by atoms with Crippen molar-refractivity contribution in [1.29, 1.82) is 0 Å². The Balaban J connectivity index is 1.43. The van der Waals surface area contributed by atoms with Gasteiger partial charge in [0.2, 0.25) is 11.8 Å². The third-order valence-corrected chi connectivity index (χ3v) is 5.70. The molecule has 3 amide bonds. The number of nitrogens with one attached hydrogen (secondary N) is 1. The van der Waals surface area contributed by atoms with Gasteiger partial charge in [-0.15, -0.1) is 0 Å². The van der Waals surface area contributed by atoms with Crippen LogP contribution in [0.25, 0.3) is 0 Å². The summed E-state index contributed by atoms with van der Waals surface area (Å²) in [6.07, 6.45) is -4.23. The van der Waals surface area contributed by atoms with Gasteiger partial charge in [-0.1, -0.05) is 12.1 Å². The predicted molar refractivity (Wildman–Crippen MR) is 107 cm³/mol. The van der Waals surface area contributed by atoms with E-state index in [0.29, 0.717) is 0 Å². The molecule has 2 saturated heterocycles. The number of rotatable bonds is 3. The molecular weight excluding hydrogens is 427 g/mol. The highest BCUT2D eigenvalue weighted by Crippen LogP contribution is 2.29. The van der Waals surface area contributed by atoms with Crippen LogP contribution in [0.4, 0.5) is 13.2 Å². The van der Waals surface area contributed by atoms with Crippen LogP contribution in [0.15, 0.2) is 48.5 Å². The first-order valence-corrected chi connectivity index (χ1v) is 9.99. The van der Waals surface area contributed by atoms with Crippen LogP contribution in [0.3, 0.4) is 0 Å². The molecule has 2 heterocycles. The van der Waals surface area contributed by atoms with Crippen LogP contribution < -0.4 is 5.32 Å².